The van der Waals surface area contributed by atoms with Gasteiger partial charge in [0.05, 0.1) is 17.7 Å². The van der Waals surface area contributed by atoms with Crippen LogP contribution in [0.5, 0.6) is 0 Å². The number of hydrogen-bond acceptors (Lipinski definition) is 3. The molecular formula is C23H43N3OY. The first-order chi connectivity index (χ1) is 11.3. The second kappa shape index (κ2) is 17.1. The van der Waals surface area contributed by atoms with Crippen LogP contribution >= 0.6 is 0 Å². The van der Waals surface area contributed by atoms with Gasteiger partial charge in [-0.1, -0.05) is 48.3 Å². The number of carbonyl (C=O) groups is 1. The van der Waals surface area contributed by atoms with Crippen LogP contribution in [0.2, 0.25) is 0 Å². The molecule has 0 aliphatic carbocycles. The summed E-state index contributed by atoms with van der Waals surface area (Å²) in [5, 5.41) is 8.59. The summed E-state index contributed by atoms with van der Waals surface area (Å²) >= 11 is 0. The number of carbonyl (C=O) groups excluding carboxylic acids is 1. The molecular weight excluding hydrogens is 423 g/mol. The molecule has 1 amide bonds. The van der Waals surface area contributed by atoms with E-state index in [-0.39, 0.29) is 66.9 Å². The van der Waals surface area contributed by atoms with Crippen molar-refractivity contribution in [3.63, 3.8) is 0 Å². The Morgan fingerprint density at radius 1 is 1.18 bits per heavy atom. The van der Waals surface area contributed by atoms with Crippen LogP contribution in [0.15, 0.2) is 24.3 Å². The number of hydrogen-bond donors (Lipinski definition) is 0. The van der Waals surface area contributed by atoms with Crippen LogP contribution in [0.1, 0.15) is 79.9 Å². The van der Waals surface area contributed by atoms with Gasteiger partial charge in [-0.2, -0.15) is 5.26 Å². The number of benzene rings is 1. The number of amides is 1. The Morgan fingerprint density at radius 2 is 1.75 bits per heavy atom. The average molecular weight is 467 g/mol. The van der Waals surface area contributed by atoms with E-state index < -0.39 is 0 Å². The van der Waals surface area contributed by atoms with Gasteiger partial charge in [-0.25, -0.2) is 0 Å². The fourth-order valence-corrected chi connectivity index (χ4v) is 2.94. The molecule has 0 saturated carbocycles. The smallest absolute Gasteiger partial charge is 0.239 e. The van der Waals surface area contributed by atoms with Crippen LogP contribution in [0.4, 0.5) is 0 Å². The van der Waals surface area contributed by atoms with Crippen molar-refractivity contribution in [1.29, 1.82) is 5.26 Å². The fraction of sp³-hybridized carbons (Fsp3) is 0.652. The minimum Gasteiger partial charge on any atom is -0.347 e. The SMILES string of the molecule is C.C.C.CC(C)N1CCCC1C(=O)N(C)C.CC(C)c1cccc(C#N)c1.[Y]. The summed E-state index contributed by atoms with van der Waals surface area (Å²) in [4.78, 5) is 15.7. The van der Waals surface area contributed by atoms with E-state index in [1.54, 1.807) is 4.90 Å². The molecule has 0 spiro atoms. The Bertz CT molecular complexity index is 579. The molecule has 1 unspecified atom stereocenters. The summed E-state index contributed by atoms with van der Waals surface area (Å²) < 4.78 is 0. The summed E-state index contributed by atoms with van der Waals surface area (Å²) in [7, 11) is 3.66. The molecule has 1 atom stereocenters. The van der Waals surface area contributed by atoms with Crippen molar-refractivity contribution in [1.82, 2.24) is 9.80 Å². The topological polar surface area (TPSA) is 47.3 Å². The predicted molar refractivity (Wildman–Crippen MR) is 119 cm³/mol. The summed E-state index contributed by atoms with van der Waals surface area (Å²) in [5.41, 5.74) is 1.97. The van der Waals surface area contributed by atoms with Crippen LogP contribution in [0.25, 0.3) is 0 Å². The Labute approximate surface area is 200 Å². The van der Waals surface area contributed by atoms with Gasteiger partial charge < -0.3 is 4.90 Å². The number of nitriles is 1. The van der Waals surface area contributed by atoms with Crippen molar-refractivity contribution in [2.24, 2.45) is 0 Å². The molecule has 1 heterocycles. The number of likely N-dealkylation sites (N-methyl/N-ethyl adjacent to an activating group) is 1. The van der Waals surface area contributed by atoms with Crippen molar-refractivity contribution in [3.8, 4) is 6.07 Å². The maximum absolute atomic E-state index is 11.7. The molecule has 0 aromatic heterocycles. The van der Waals surface area contributed by atoms with Gasteiger partial charge >= 0.3 is 0 Å². The Balaban J connectivity index is -0.000000182. The van der Waals surface area contributed by atoms with E-state index in [0.29, 0.717) is 12.0 Å². The summed E-state index contributed by atoms with van der Waals surface area (Å²) in [6.07, 6.45) is 2.18. The van der Waals surface area contributed by atoms with Crippen molar-refractivity contribution in [2.45, 2.75) is 80.8 Å². The summed E-state index contributed by atoms with van der Waals surface area (Å²) in [5.74, 6) is 0.759. The zero-order chi connectivity index (χ0) is 18.3. The van der Waals surface area contributed by atoms with Crippen molar-refractivity contribution >= 4 is 5.91 Å². The molecule has 159 valence electrons. The van der Waals surface area contributed by atoms with Gasteiger partial charge in [-0.3, -0.25) is 9.69 Å². The van der Waals surface area contributed by atoms with Gasteiger partial charge in [0.15, 0.2) is 0 Å². The molecule has 0 bridgehead atoms. The van der Waals surface area contributed by atoms with E-state index in [9.17, 15) is 4.79 Å². The molecule has 1 saturated heterocycles. The monoisotopic (exact) mass is 466 g/mol. The Kier molecular flexibility index (Phi) is 21.3. The molecule has 0 N–H and O–H groups in total. The van der Waals surface area contributed by atoms with E-state index in [1.165, 1.54) is 5.56 Å². The normalized spacial score (nSPS) is 14.9. The van der Waals surface area contributed by atoms with E-state index in [2.05, 4.69) is 38.7 Å². The molecule has 5 heteroatoms. The quantitative estimate of drug-likeness (QED) is 0.588. The largest absolute Gasteiger partial charge is 0.347 e. The van der Waals surface area contributed by atoms with Crippen LogP contribution in [0, 0.1) is 11.3 Å². The molecule has 1 aromatic carbocycles. The van der Waals surface area contributed by atoms with Crippen LogP contribution < -0.4 is 0 Å². The summed E-state index contributed by atoms with van der Waals surface area (Å²) in [6, 6.07) is 10.5. The first kappa shape index (κ1) is 34.7. The zero-order valence-corrected chi connectivity index (χ0v) is 19.3. The van der Waals surface area contributed by atoms with Crippen LogP contribution in [-0.4, -0.2) is 48.4 Å². The maximum Gasteiger partial charge on any atom is 0.239 e. The minimum absolute atomic E-state index is 0. The van der Waals surface area contributed by atoms with Gasteiger partial charge in [0.25, 0.3) is 0 Å². The van der Waals surface area contributed by atoms with Gasteiger partial charge in [0, 0.05) is 52.8 Å². The van der Waals surface area contributed by atoms with Gasteiger partial charge in [-0.05, 0) is 56.8 Å². The van der Waals surface area contributed by atoms with Gasteiger partial charge in [0.2, 0.25) is 5.91 Å². The standard InChI is InChI=1S/C10H20N2O.C10H11N.3CH4.Y/c1-8(2)12-7-5-6-9(12)10(13)11(3)4;1-8(2)10-5-3-4-9(6-10)7-11;;;;/h8-9H,5-7H2,1-4H3;3-6,8H,1-2H3;3*1H4;. The first-order valence-electron chi connectivity index (χ1n) is 8.74. The Hall–Kier alpha value is -0.756. The summed E-state index contributed by atoms with van der Waals surface area (Å²) in [6.45, 7) is 9.62. The first-order valence-corrected chi connectivity index (χ1v) is 8.74. The van der Waals surface area contributed by atoms with Crippen molar-refractivity contribution in [2.75, 3.05) is 20.6 Å². The third-order valence-corrected chi connectivity index (χ3v) is 4.37. The van der Waals surface area contributed by atoms with E-state index in [1.807, 2.05) is 38.4 Å². The van der Waals surface area contributed by atoms with Gasteiger partial charge in [-0.15, -0.1) is 0 Å². The number of likely N-dealkylation sites (tertiary alicyclic amines) is 1. The molecule has 1 fully saturated rings. The predicted octanol–water partition coefficient (Wildman–Crippen LogP) is 5.53. The third-order valence-electron chi connectivity index (χ3n) is 4.37. The van der Waals surface area contributed by atoms with Crippen molar-refractivity contribution in [3.05, 3.63) is 35.4 Å². The van der Waals surface area contributed by atoms with Crippen LogP contribution in [0.3, 0.4) is 0 Å². The second-order valence-corrected chi connectivity index (χ2v) is 7.11. The Morgan fingerprint density at radius 3 is 2.18 bits per heavy atom. The molecule has 1 aliphatic heterocycles. The van der Waals surface area contributed by atoms with E-state index in [0.717, 1.165) is 24.9 Å². The van der Waals surface area contributed by atoms with Crippen molar-refractivity contribution < 1.29 is 37.5 Å². The van der Waals surface area contributed by atoms with E-state index >= 15 is 0 Å². The van der Waals surface area contributed by atoms with Crippen LogP contribution in [-0.2, 0) is 37.5 Å². The second-order valence-electron chi connectivity index (χ2n) is 7.11. The zero-order valence-electron chi connectivity index (χ0n) is 16.5. The number of nitrogens with zero attached hydrogens (tertiary/aromatic N) is 3. The van der Waals surface area contributed by atoms with E-state index in [4.69, 9.17) is 5.26 Å². The average Bonchev–Trinajstić information content (AvgIpc) is 3.04. The fourth-order valence-electron chi connectivity index (χ4n) is 2.94. The number of rotatable bonds is 3. The molecule has 28 heavy (non-hydrogen) atoms. The molecule has 1 radical (unpaired) electrons. The van der Waals surface area contributed by atoms with Gasteiger partial charge in [0.1, 0.15) is 0 Å². The molecule has 2 rings (SSSR count). The minimum atomic E-state index is 0. The molecule has 4 nitrogen and oxygen atoms in total. The maximum atomic E-state index is 11.7. The third kappa shape index (κ3) is 10.7. The molecule has 1 aromatic rings. The molecule has 1 aliphatic rings.